The highest BCUT2D eigenvalue weighted by atomic mass is 35.5. The fourth-order valence-electron chi connectivity index (χ4n) is 3.74. The molecule has 4 rings (SSSR count). The van der Waals surface area contributed by atoms with E-state index in [9.17, 15) is 24.5 Å². The van der Waals surface area contributed by atoms with Crippen molar-refractivity contribution in [1.82, 2.24) is 0 Å². The van der Waals surface area contributed by atoms with Gasteiger partial charge in [0.1, 0.15) is 17.7 Å². The Labute approximate surface area is 175 Å². The van der Waals surface area contributed by atoms with Crippen LogP contribution in [0.2, 0.25) is 5.02 Å². The maximum atomic E-state index is 13.3. The van der Waals surface area contributed by atoms with Crippen LogP contribution in [0.1, 0.15) is 12.5 Å². The van der Waals surface area contributed by atoms with E-state index in [0.29, 0.717) is 16.3 Å². The van der Waals surface area contributed by atoms with Crippen LogP contribution < -0.4 is 9.91 Å². The van der Waals surface area contributed by atoms with Crippen molar-refractivity contribution in [1.29, 1.82) is 0 Å². The van der Waals surface area contributed by atoms with Gasteiger partial charge in [-0.15, -0.1) is 0 Å². The van der Waals surface area contributed by atoms with Crippen molar-refractivity contribution in [3.8, 4) is 0 Å². The van der Waals surface area contributed by atoms with Gasteiger partial charge in [-0.3, -0.25) is 29.5 Å². The van der Waals surface area contributed by atoms with Crippen LogP contribution in [0.5, 0.6) is 0 Å². The smallest absolute Gasteiger partial charge is 0.271 e. The standard InChI is InChI=1S/C20H15ClN4O5/c1-10-14(21)7-4-8-15(10)23-19(27)16-17(11(2)26)22-24(18(16)20(23)28)12-5-3-6-13(9-12)25(29)30/h3-9,16,18H,1-2H3/t16-,18+/m1/s1. The van der Waals surface area contributed by atoms with E-state index in [1.165, 1.54) is 36.2 Å². The van der Waals surface area contributed by atoms with Gasteiger partial charge in [0, 0.05) is 24.1 Å². The molecular weight excluding hydrogens is 412 g/mol. The van der Waals surface area contributed by atoms with Gasteiger partial charge in [0.15, 0.2) is 5.78 Å². The van der Waals surface area contributed by atoms with Crippen molar-refractivity contribution in [2.45, 2.75) is 19.9 Å². The van der Waals surface area contributed by atoms with Crippen LogP contribution in [-0.2, 0) is 14.4 Å². The maximum Gasteiger partial charge on any atom is 0.271 e. The third-order valence-corrected chi connectivity index (χ3v) is 5.60. The van der Waals surface area contributed by atoms with E-state index < -0.39 is 34.5 Å². The first-order chi connectivity index (χ1) is 14.2. The molecule has 1 saturated heterocycles. The highest BCUT2D eigenvalue weighted by Crippen LogP contribution is 2.40. The number of carbonyl (C=O) groups excluding carboxylic acids is 3. The van der Waals surface area contributed by atoms with E-state index in [2.05, 4.69) is 5.10 Å². The van der Waals surface area contributed by atoms with Gasteiger partial charge in [0.25, 0.3) is 11.6 Å². The quantitative estimate of drug-likeness (QED) is 0.422. The molecular formula is C20H15ClN4O5. The third kappa shape index (κ3) is 2.86. The summed E-state index contributed by atoms with van der Waals surface area (Å²) in [5.74, 6) is -2.73. The number of hydrazone groups is 1. The second kappa shape index (κ2) is 7.03. The van der Waals surface area contributed by atoms with Gasteiger partial charge in [-0.1, -0.05) is 23.7 Å². The molecule has 2 atom stereocenters. The molecule has 2 aliphatic rings. The van der Waals surface area contributed by atoms with Gasteiger partial charge in [-0.2, -0.15) is 5.10 Å². The highest BCUT2D eigenvalue weighted by Gasteiger charge is 2.58. The molecule has 2 aliphatic heterocycles. The first-order valence-corrected chi connectivity index (χ1v) is 9.36. The SMILES string of the molecule is CC(=O)C1=NN(c2cccc([N+](=O)[O-])c2)[C@@H]2C(=O)N(c3cccc(Cl)c3C)C(=O)[C@H]12. The van der Waals surface area contributed by atoms with Crippen LogP contribution in [0, 0.1) is 23.0 Å². The summed E-state index contributed by atoms with van der Waals surface area (Å²) in [7, 11) is 0. The molecule has 2 amide bonds. The lowest BCUT2D eigenvalue weighted by atomic mass is 9.95. The van der Waals surface area contributed by atoms with E-state index in [1.807, 2.05) is 0 Å². The van der Waals surface area contributed by atoms with Crippen LogP contribution in [0.3, 0.4) is 0 Å². The normalized spacial score (nSPS) is 20.4. The summed E-state index contributed by atoms with van der Waals surface area (Å²) in [6.07, 6.45) is 0. The van der Waals surface area contributed by atoms with Crippen molar-refractivity contribution < 1.29 is 19.3 Å². The Hall–Kier alpha value is -3.59. The molecule has 9 nitrogen and oxygen atoms in total. The molecule has 30 heavy (non-hydrogen) atoms. The number of halogens is 1. The Morgan fingerprint density at radius 2 is 1.87 bits per heavy atom. The van der Waals surface area contributed by atoms with Crippen LogP contribution in [0.4, 0.5) is 17.1 Å². The minimum absolute atomic E-state index is 0.0629. The topological polar surface area (TPSA) is 113 Å². The molecule has 0 spiro atoms. The predicted molar refractivity (Wildman–Crippen MR) is 110 cm³/mol. The molecule has 152 valence electrons. The Bertz CT molecular complexity index is 1160. The molecule has 0 N–H and O–H groups in total. The number of hydrogen-bond acceptors (Lipinski definition) is 7. The van der Waals surface area contributed by atoms with E-state index in [1.54, 1.807) is 25.1 Å². The molecule has 2 heterocycles. The summed E-state index contributed by atoms with van der Waals surface area (Å²) >= 11 is 6.16. The van der Waals surface area contributed by atoms with Crippen molar-refractivity contribution >= 4 is 52.0 Å². The number of rotatable bonds is 4. The van der Waals surface area contributed by atoms with E-state index in [0.717, 1.165) is 4.90 Å². The molecule has 0 aliphatic carbocycles. The van der Waals surface area contributed by atoms with Crippen molar-refractivity contribution in [3.05, 3.63) is 63.2 Å². The number of carbonyl (C=O) groups is 3. The zero-order valence-corrected chi connectivity index (χ0v) is 16.7. The number of nitro groups is 1. The maximum absolute atomic E-state index is 13.3. The second-order valence-corrected chi connectivity index (χ2v) is 7.39. The number of nitro benzene ring substituents is 1. The number of imide groups is 1. The number of amides is 2. The number of hydrogen-bond donors (Lipinski definition) is 0. The fourth-order valence-corrected chi connectivity index (χ4v) is 3.91. The lowest BCUT2D eigenvalue weighted by Gasteiger charge is -2.22. The number of fused-ring (bicyclic) bond motifs is 1. The summed E-state index contributed by atoms with van der Waals surface area (Å²) in [5.41, 5.74) is 0.848. The van der Waals surface area contributed by atoms with E-state index in [4.69, 9.17) is 11.6 Å². The molecule has 0 aromatic heterocycles. The molecule has 2 aromatic rings. The van der Waals surface area contributed by atoms with Gasteiger partial charge in [-0.25, -0.2) is 4.90 Å². The second-order valence-electron chi connectivity index (χ2n) is 6.98. The molecule has 0 unspecified atom stereocenters. The summed E-state index contributed by atoms with van der Waals surface area (Å²) in [6.45, 7) is 2.95. The Morgan fingerprint density at radius 1 is 1.17 bits per heavy atom. The lowest BCUT2D eigenvalue weighted by molar-refractivity contribution is -0.384. The fraction of sp³-hybridized carbons (Fsp3) is 0.200. The summed E-state index contributed by atoms with van der Waals surface area (Å²) < 4.78 is 0. The van der Waals surface area contributed by atoms with Gasteiger partial charge in [0.05, 0.1) is 16.3 Å². The van der Waals surface area contributed by atoms with E-state index >= 15 is 0 Å². The Balaban J connectivity index is 1.83. The third-order valence-electron chi connectivity index (χ3n) is 5.19. The van der Waals surface area contributed by atoms with E-state index in [-0.39, 0.29) is 17.1 Å². The lowest BCUT2D eigenvalue weighted by Crippen LogP contribution is -2.39. The van der Waals surface area contributed by atoms with Crippen LogP contribution in [-0.4, -0.2) is 34.3 Å². The van der Waals surface area contributed by atoms with Crippen molar-refractivity contribution in [2.75, 3.05) is 9.91 Å². The van der Waals surface area contributed by atoms with Crippen LogP contribution >= 0.6 is 11.6 Å². The highest BCUT2D eigenvalue weighted by molar-refractivity contribution is 6.49. The number of nitrogens with zero attached hydrogens (tertiary/aromatic N) is 4. The van der Waals surface area contributed by atoms with Gasteiger partial charge in [0.2, 0.25) is 5.91 Å². The molecule has 10 heteroatoms. The molecule has 0 radical (unpaired) electrons. The number of Topliss-reactive ketones (excluding diaryl/α,β-unsaturated/α-hetero) is 1. The molecule has 0 saturated carbocycles. The minimum Gasteiger partial charge on any atom is -0.293 e. The Kier molecular flexibility index (Phi) is 4.62. The predicted octanol–water partition coefficient (Wildman–Crippen LogP) is 2.88. The average molecular weight is 427 g/mol. The van der Waals surface area contributed by atoms with Crippen LogP contribution in [0.15, 0.2) is 47.6 Å². The average Bonchev–Trinajstić information content (AvgIpc) is 3.22. The number of benzene rings is 2. The summed E-state index contributed by atoms with van der Waals surface area (Å²) in [4.78, 5) is 50.3. The monoisotopic (exact) mass is 426 g/mol. The van der Waals surface area contributed by atoms with Gasteiger partial charge >= 0.3 is 0 Å². The van der Waals surface area contributed by atoms with Crippen LogP contribution in [0.25, 0.3) is 0 Å². The minimum atomic E-state index is -1.11. The summed E-state index contributed by atoms with van der Waals surface area (Å²) in [5, 5.41) is 16.9. The zero-order chi connectivity index (χ0) is 21.7. The molecule has 2 aromatic carbocycles. The van der Waals surface area contributed by atoms with Gasteiger partial charge < -0.3 is 0 Å². The summed E-state index contributed by atoms with van der Waals surface area (Å²) in [6, 6.07) is 9.27. The molecule has 0 bridgehead atoms. The molecule has 1 fully saturated rings. The van der Waals surface area contributed by atoms with Crippen molar-refractivity contribution in [3.63, 3.8) is 0 Å². The van der Waals surface area contributed by atoms with Crippen molar-refractivity contribution in [2.24, 2.45) is 11.0 Å². The Morgan fingerprint density at radius 3 is 2.53 bits per heavy atom. The number of non-ortho nitro benzene ring substituents is 1. The number of ketones is 1. The zero-order valence-electron chi connectivity index (χ0n) is 15.9. The number of anilines is 2. The first-order valence-electron chi connectivity index (χ1n) is 8.98. The van der Waals surface area contributed by atoms with Gasteiger partial charge in [-0.05, 0) is 30.7 Å². The first kappa shape index (κ1) is 19.7. The largest absolute Gasteiger partial charge is 0.293 e.